The van der Waals surface area contributed by atoms with E-state index >= 15 is 0 Å². The first-order chi connectivity index (χ1) is 13.1. The molecule has 1 amide bonds. The molecule has 1 heterocycles. The van der Waals surface area contributed by atoms with Crippen LogP contribution >= 0.6 is 0 Å². The number of nitriles is 1. The van der Waals surface area contributed by atoms with Crippen LogP contribution in [0.4, 0.5) is 10.1 Å². The zero-order valence-corrected chi connectivity index (χ0v) is 14.8. The third-order valence-corrected chi connectivity index (χ3v) is 4.32. The van der Waals surface area contributed by atoms with Gasteiger partial charge in [0, 0.05) is 24.0 Å². The van der Waals surface area contributed by atoms with Gasteiger partial charge in [-0.15, -0.1) is 0 Å². The molecule has 0 radical (unpaired) electrons. The monoisotopic (exact) mass is 366 g/mol. The van der Waals surface area contributed by atoms with Gasteiger partial charge in [-0.25, -0.2) is 9.29 Å². The molecule has 1 aliphatic rings. The summed E-state index contributed by atoms with van der Waals surface area (Å²) < 4.78 is 13.7. The molecule has 0 saturated heterocycles. The van der Waals surface area contributed by atoms with Crippen LogP contribution in [0, 0.1) is 17.3 Å². The number of aliphatic hydroxyl groups is 1. The number of halogens is 1. The molecule has 1 atom stereocenters. The van der Waals surface area contributed by atoms with E-state index in [4.69, 9.17) is 5.11 Å². The number of hydrogen-bond acceptors (Lipinski definition) is 5. The van der Waals surface area contributed by atoms with E-state index in [1.807, 2.05) is 13.1 Å². The van der Waals surface area contributed by atoms with Crippen LogP contribution in [0.15, 0.2) is 54.7 Å². The highest BCUT2D eigenvalue weighted by Crippen LogP contribution is 2.28. The highest BCUT2D eigenvalue weighted by Gasteiger charge is 2.36. The average Bonchev–Trinajstić information content (AvgIpc) is 2.69. The number of carbonyl (C=O) groups excluding carboxylic acids is 1. The standard InChI is InChI=1S/C20H19FN4O2/c1-2-24-11-18(15-4-3-5-16(21)10-15)25(13-22)19(20(24)27)23-17-8-6-14(12-26)7-9-17/h3-11,19,23,26H,2,12H2,1H3. The van der Waals surface area contributed by atoms with Crippen LogP contribution in [0.3, 0.4) is 0 Å². The molecule has 138 valence electrons. The molecule has 0 fully saturated rings. The Morgan fingerprint density at radius 3 is 2.59 bits per heavy atom. The van der Waals surface area contributed by atoms with Gasteiger partial charge in [0.2, 0.25) is 0 Å². The van der Waals surface area contributed by atoms with Crippen molar-refractivity contribution in [3.63, 3.8) is 0 Å². The van der Waals surface area contributed by atoms with Gasteiger partial charge in [0.1, 0.15) is 5.82 Å². The second-order valence-corrected chi connectivity index (χ2v) is 6.02. The second kappa shape index (κ2) is 7.89. The van der Waals surface area contributed by atoms with E-state index < -0.39 is 12.0 Å². The van der Waals surface area contributed by atoms with E-state index in [0.29, 0.717) is 23.5 Å². The number of amides is 1. The number of benzene rings is 2. The Morgan fingerprint density at radius 2 is 2.00 bits per heavy atom. The lowest BCUT2D eigenvalue weighted by molar-refractivity contribution is -0.132. The summed E-state index contributed by atoms with van der Waals surface area (Å²) in [6.45, 7) is 2.16. The second-order valence-electron chi connectivity index (χ2n) is 6.02. The van der Waals surface area contributed by atoms with Crippen LogP contribution in [0.1, 0.15) is 18.1 Å². The first kappa shape index (κ1) is 18.4. The van der Waals surface area contributed by atoms with Crippen LogP contribution in [0.25, 0.3) is 5.70 Å². The zero-order valence-electron chi connectivity index (χ0n) is 14.8. The number of nitrogens with one attached hydrogen (secondary N) is 1. The fourth-order valence-corrected chi connectivity index (χ4v) is 2.89. The number of aliphatic hydroxyl groups excluding tert-OH is 1. The zero-order chi connectivity index (χ0) is 19.4. The van der Waals surface area contributed by atoms with Gasteiger partial charge in [-0.3, -0.25) is 4.79 Å². The van der Waals surface area contributed by atoms with Crippen molar-refractivity contribution in [1.29, 1.82) is 5.26 Å². The molecule has 0 spiro atoms. The maximum atomic E-state index is 13.7. The molecule has 2 N–H and O–H groups in total. The Bertz CT molecular complexity index is 905. The SMILES string of the molecule is CCN1C=C(c2cccc(F)c2)N(C#N)C(Nc2ccc(CO)cc2)C1=O. The lowest BCUT2D eigenvalue weighted by atomic mass is 10.1. The van der Waals surface area contributed by atoms with Crippen LogP contribution in [-0.2, 0) is 11.4 Å². The molecular weight excluding hydrogens is 347 g/mol. The van der Waals surface area contributed by atoms with Crippen LogP contribution < -0.4 is 5.32 Å². The predicted octanol–water partition coefficient (Wildman–Crippen LogP) is 2.70. The van der Waals surface area contributed by atoms with Crippen molar-refractivity contribution >= 4 is 17.3 Å². The number of likely N-dealkylation sites (N-methyl/N-ethyl adjacent to an activating group) is 1. The summed E-state index contributed by atoms with van der Waals surface area (Å²) >= 11 is 0. The van der Waals surface area contributed by atoms with Crippen LogP contribution in [-0.4, -0.2) is 33.5 Å². The van der Waals surface area contributed by atoms with Gasteiger partial charge in [-0.2, -0.15) is 5.26 Å². The summed E-state index contributed by atoms with van der Waals surface area (Å²) in [7, 11) is 0. The van der Waals surface area contributed by atoms with Crippen molar-refractivity contribution in [3.8, 4) is 6.19 Å². The van der Waals surface area contributed by atoms with E-state index in [2.05, 4.69) is 5.32 Å². The maximum absolute atomic E-state index is 13.7. The van der Waals surface area contributed by atoms with Crippen LogP contribution in [0.5, 0.6) is 0 Å². The molecule has 0 aliphatic carbocycles. The number of rotatable bonds is 5. The number of nitrogens with zero attached hydrogens (tertiary/aromatic N) is 3. The molecule has 0 aromatic heterocycles. The molecule has 6 nitrogen and oxygen atoms in total. The lowest BCUT2D eigenvalue weighted by Crippen LogP contribution is -2.52. The summed E-state index contributed by atoms with van der Waals surface area (Å²) in [4.78, 5) is 15.5. The molecule has 2 aromatic carbocycles. The van der Waals surface area contributed by atoms with Gasteiger partial charge in [-0.1, -0.05) is 24.3 Å². The first-order valence-electron chi connectivity index (χ1n) is 8.51. The molecule has 1 aliphatic heterocycles. The highest BCUT2D eigenvalue weighted by molar-refractivity contribution is 5.91. The van der Waals surface area contributed by atoms with E-state index in [1.165, 1.54) is 21.9 Å². The summed E-state index contributed by atoms with van der Waals surface area (Å²) in [5, 5.41) is 21.9. The number of hydrogen-bond donors (Lipinski definition) is 2. The van der Waals surface area contributed by atoms with Gasteiger partial charge in [0.05, 0.1) is 12.3 Å². The minimum atomic E-state index is -0.960. The van der Waals surface area contributed by atoms with E-state index in [9.17, 15) is 14.4 Å². The minimum Gasteiger partial charge on any atom is -0.392 e. The number of carbonyl (C=O) groups is 1. The highest BCUT2D eigenvalue weighted by atomic mass is 19.1. The quantitative estimate of drug-likeness (QED) is 0.796. The van der Waals surface area contributed by atoms with Gasteiger partial charge < -0.3 is 15.3 Å². The summed E-state index contributed by atoms with van der Waals surface area (Å²) in [5.74, 6) is -0.708. The summed E-state index contributed by atoms with van der Waals surface area (Å²) in [6, 6.07) is 12.8. The minimum absolute atomic E-state index is 0.0803. The Labute approximate surface area is 156 Å². The Kier molecular flexibility index (Phi) is 5.38. The molecule has 1 unspecified atom stereocenters. The van der Waals surface area contributed by atoms with Crippen molar-refractivity contribution in [2.45, 2.75) is 19.7 Å². The molecule has 2 aromatic rings. The summed E-state index contributed by atoms with van der Waals surface area (Å²) in [6.07, 6.45) is 2.64. The third-order valence-electron chi connectivity index (χ3n) is 4.32. The smallest absolute Gasteiger partial charge is 0.271 e. The fraction of sp³-hybridized carbons (Fsp3) is 0.200. The van der Waals surface area contributed by atoms with Crippen molar-refractivity contribution in [2.75, 3.05) is 11.9 Å². The van der Waals surface area contributed by atoms with Crippen molar-refractivity contribution in [3.05, 3.63) is 71.7 Å². The summed E-state index contributed by atoms with van der Waals surface area (Å²) in [5.41, 5.74) is 2.30. The van der Waals surface area contributed by atoms with Gasteiger partial charge in [0.15, 0.2) is 12.4 Å². The Morgan fingerprint density at radius 1 is 1.26 bits per heavy atom. The number of anilines is 1. The maximum Gasteiger partial charge on any atom is 0.271 e. The molecular formula is C20H19FN4O2. The molecule has 7 heteroatoms. The Balaban J connectivity index is 1.98. The van der Waals surface area contributed by atoms with Crippen molar-refractivity contribution in [1.82, 2.24) is 9.80 Å². The van der Waals surface area contributed by atoms with Gasteiger partial charge >= 0.3 is 0 Å². The van der Waals surface area contributed by atoms with E-state index in [0.717, 1.165) is 5.56 Å². The molecule has 27 heavy (non-hydrogen) atoms. The van der Waals surface area contributed by atoms with E-state index in [1.54, 1.807) is 42.6 Å². The van der Waals surface area contributed by atoms with Crippen molar-refractivity contribution in [2.24, 2.45) is 0 Å². The first-order valence-corrected chi connectivity index (χ1v) is 8.51. The molecule has 0 bridgehead atoms. The van der Waals surface area contributed by atoms with Gasteiger partial charge in [-0.05, 0) is 36.8 Å². The van der Waals surface area contributed by atoms with Crippen LogP contribution in [0.2, 0.25) is 0 Å². The fourth-order valence-electron chi connectivity index (χ4n) is 2.89. The molecule has 3 rings (SSSR count). The lowest BCUT2D eigenvalue weighted by Gasteiger charge is -2.37. The topological polar surface area (TPSA) is 79.6 Å². The molecule has 0 saturated carbocycles. The van der Waals surface area contributed by atoms with Crippen molar-refractivity contribution < 1.29 is 14.3 Å². The van der Waals surface area contributed by atoms with E-state index in [-0.39, 0.29) is 12.5 Å². The normalized spacial score (nSPS) is 16.7. The van der Waals surface area contributed by atoms with Gasteiger partial charge in [0.25, 0.3) is 5.91 Å². The largest absolute Gasteiger partial charge is 0.392 e. The predicted molar refractivity (Wildman–Crippen MR) is 99.0 cm³/mol. The average molecular weight is 366 g/mol. The Hall–Kier alpha value is -3.37. The third kappa shape index (κ3) is 3.76.